The highest BCUT2D eigenvalue weighted by Crippen LogP contribution is 2.10. The lowest BCUT2D eigenvalue weighted by atomic mass is 10.0. The number of aryl methyl sites for hydroxylation is 1. The summed E-state index contributed by atoms with van der Waals surface area (Å²) < 4.78 is 4.93. The van der Waals surface area contributed by atoms with Crippen molar-refractivity contribution in [2.45, 2.75) is 32.8 Å². The molecule has 1 atom stereocenters. The van der Waals surface area contributed by atoms with Crippen LogP contribution in [0.2, 0.25) is 0 Å². The number of hydrogen-bond acceptors (Lipinski definition) is 2. The van der Waals surface area contributed by atoms with Crippen LogP contribution in [-0.4, -0.2) is 11.2 Å². The summed E-state index contributed by atoms with van der Waals surface area (Å²) in [5.74, 6) is 0.344. The third-order valence-electron chi connectivity index (χ3n) is 2.08. The van der Waals surface area contributed by atoms with Gasteiger partial charge in [0.05, 0.1) is 18.6 Å². The molecule has 0 saturated heterocycles. The van der Waals surface area contributed by atoms with E-state index in [1.165, 1.54) is 0 Å². The van der Waals surface area contributed by atoms with Crippen LogP contribution < -0.4 is 0 Å². The average molecular weight is 168 g/mol. The summed E-state index contributed by atoms with van der Waals surface area (Å²) in [4.78, 5) is 0. The van der Waals surface area contributed by atoms with Crippen LogP contribution in [0.25, 0.3) is 0 Å². The largest absolute Gasteiger partial charge is 0.472 e. The van der Waals surface area contributed by atoms with Crippen molar-refractivity contribution in [3.05, 3.63) is 24.2 Å². The zero-order valence-electron chi connectivity index (χ0n) is 7.66. The molecule has 68 valence electrons. The van der Waals surface area contributed by atoms with Crippen molar-refractivity contribution in [3.63, 3.8) is 0 Å². The molecule has 0 bridgehead atoms. The maximum absolute atomic E-state index is 9.49. The highest BCUT2D eigenvalue weighted by Gasteiger charge is 2.08. The summed E-state index contributed by atoms with van der Waals surface area (Å²) in [5, 5.41) is 9.49. The van der Waals surface area contributed by atoms with Gasteiger partial charge in [-0.2, -0.15) is 0 Å². The second-order valence-electron chi connectivity index (χ2n) is 3.48. The van der Waals surface area contributed by atoms with Gasteiger partial charge in [0.15, 0.2) is 0 Å². The van der Waals surface area contributed by atoms with Crippen LogP contribution in [0.15, 0.2) is 23.0 Å². The molecule has 0 spiro atoms. The van der Waals surface area contributed by atoms with Gasteiger partial charge < -0.3 is 9.52 Å². The van der Waals surface area contributed by atoms with Crippen molar-refractivity contribution in [1.29, 1.82) is 0 Å². The van der Waals surface area contributed by atoms with Crippen LogP contribution in [0.3, 0.4) is 0 Å². The molecular weight excluding hydrogens is 152 g/mol. The molecule has 0 aliphatic rings. The summed E-state index contributed by atoms with van der Waals surface area (Å²) in [6.07, 6.45) is 4.91. The minimum atomic E-state index is -0.195. The Morgan fingerprint density at radius 1 is 1.50 bits per heavy atom. The van der Waals surface area contributed by atoms with Crippen LogP contribution >= 0.6 is 0 Å². The lowest BCUT2D eigenvalue weighted by Crippen LogP contribution is -2.15. The first-order chi connectivity index (χ1) is 5.70. The normalized spacial score (nSPS) is 13.7. The number of aliphatic hydroxyl groups excluding tert-OH is 1. The van der Waals surface area contributed by atoms with E-state index in [9.17, 15) is 5.11 Å². The lowest BCUT2D eigenvalue weighted by Gasteiger charge is -2.12. The van der Waals surface area contributed by atoms with Gasteiger partial charge in [0.2, 0.25) is 0 Å². The first-order valence-electron chi connectivity index (χ1n) is 4.39. The highest BCUT2D eigenvalue weighted by molar-refractivity contribution is 5.05. The topological polar surface area (TPSA) is 33.4 Å². The van der Waals surface area contributed by atoms with Gasteiger partial charge in [-0.05, 0) is 30.4 Å². The van der Waals surface area contributed by atoms with E-state index in [0.717, 1.165) is 18.4 Å². The van der Waals surface area contributed by atoms with E-state index in [-0.39, 0.29) is 6.10 Å². The molecule has 0 amide bonds. The Morgan fingerprint density at radius 2 is 2.25 bits per heavy atom. The molecule has 0 saturated carbocycles. The molecule has 1 N–H and O–H groups in total. The third-order valence-corrected chi connectivity index (χ3v) is 2.08. The van der Waals surface area contributed by atoms with Crippen LogP contribution in [0.4, 0.5) is 0 Å². The number of hydrogen-bond donors (Lipinski definition) is 1. The average Bonchev–Trinajstić information content (AvgIpc) is 2.51. The Bertz CT molecular complexity index is 202. The third kappa shape index (κ3) is 2.70. The fraction of sp³-hybridized carbons (Fsp3) is 0.600. The van der Waals surface area contributed by atoms with Gasteiger partial charge >= 0.3 is 0 Å². The quantitative estimate of drug-likeness (QED) is 0.747. The second-order valence-corrected chi connectivity index (χ2v) is 3.48. The number of aliphatic hydroxyl groups is 1. The van der Waals surface area contributed by atoms with Crippen LogP contribution in [0.5, 0.6) is 0 Å². The van der Waals surface area contributed by atoms with Crippen molar-refractivity contribution in [2.24, 2.45) is 5.92 Å². The zero-order valence-corrected chi connectivity index (χ0v) is 7.66. The fourth-order valence-electron chi connectivity index (χ4n) is 1.08. The molecule has 0 aliphatic heterocycles. The van der Waals surface area contributed by atoms with Crippen LogP contribution in [-0.2, 0) is 6.42 Å². The van der Waals surface area contributed by atoms with Gasteiger partial charge in [-0.1, -0.05) is 13.8 Å². The van der Waals surface area contributed by atoms with Crippen LogP contribution in [0, 0.1) is 5.92 Å². The molecule has 0 aromatic carbocycles. The Kier molecular flexibility index (Phi) is 3.35. The van der Waals surface area contributed by atoms with Gasteiger partial charge in [-0.3, -0.25) is 0 Å². The van der Waals surface area contributed by atoms with Gasteiger partial charge in [0.1, 0.15) is 0 Å². The monoisotopic (exact) mass is 168 g/mol. The molecule has 0 aliphatic carbocycles. The van der Waals surface area contributed by atoms with Crippen molar-refractivity contribution in [1.82, 2.24) is 0 Å². The molecule has 1 unspecified atom stereocenters. The standard InChI is InChI=1S/C10H16O2/c1-8(2)10(11)4-3-9-5-6-12-7-9/h5-8,10-11H,3-4H2,1-2H3. The number of rotatable bonds is 4. The molecule has 12 heavy (non-hydrogen) atoms. The van der Waals surface area contributed by atoms with Gasteiger partial charge in [-0.15, -0.1) is 0 Å². The Balaban J connectivity index is 2.27. The van der Waals surface area contributed by atoms with Crippen molar-refractivity contribution in [2.75, 3.05) is 0 Å². The second kappa shape index (κ2) is 4.31. The summed E-state index contributed by atoms with van der Waals surface area (Å²) in [6, 6.07) is 1.94. The van der Waals surface area contributed by atoms with Crippen LogP contribution in [0.1, 0.15) is 25.8 Å². The van der Waals surface area contributed by atoms with E-state index in [1.807, 2.05) is 19.9 Å². The van der Waals surface area contributed by atoms with Gasteiger partial charge in [0.25, 0.3) is 0 Å². The predicted molar refractivity (Wildman–Crippen MR) is 47.9 cm³/mol. The first-order valence-corrected chi connectivity index (χ1v) is 4.39. The molecule has 1 aromatic rings. The summed E-state index contributed by atoms with van der Waals surface area (Å²) >= 11 is 0. The molecule has 2 heteroatoms. The smallest absolute Gasteiger partial charge is 0.0934 e. The maximum Gasteiger partial charge on any atom is 0.0934 e. The minimum Gasteiger partial charge on any atom is -0.472 e. The minimum absolute atomic E-state index is 0.195. The molecule has 0 radical (unpaired) electrons. The first kappa shape index (κ1) is 9.33. The van der Waals surface area contributed by atoms with Gasteiger partial charge in [0, 0.05) is 0 Å². The Hall–Kier alpha value is -0.760. The van der Waals surface area contributed by atoms with Crippen molar-refractivity contribution in [3.8, 4) is 0 Å². The van der Waals surface area contributed by atoms with E-state index in [2.05, 4.69) is 0 Å². The molecule has 0 fully saturated rings. The van der Waals surface area contributed by atoms with E-state index < -0.39 is 0 Å². The fourth-order valence-corrected chi connectivity index (χ4v) is 1.08. The number of furan rings is 1. The van der Waals surface area contributed by atoms with E-state index in [4.69, 9.17) is 4.42 Å². The SMILES string of the molecule is CC(C)C(O)CCc1ccoc1. The molecule has 2 nitrogen and oxygen atoms in total. The van der Waals surface area contributed by atoms with E-state index >= 15 is 0 Å². The van der Waals surface area contributed by atoms with Crippen molar-refractivity contribution < 1.29 is 9.52 Å². The van der Waals surface area contributed by atoms with E-state index in [1.54, 1.807) is 12.5 Å². The summed E-state index contributed by atoms with van der Waals surface area (Å²) in [5.41, 5.74) is 1.16. The summed E-state index contributed by atoms with van der Waals surface area (Å²) in [6.45, 7) is 4.06. The maximum atomic E-state index is 9.49. The Morgan fingerprint density at radius 3 is 2.75 bits per heavy atom. The zero-order chi connectivity index (χ0) is 8.97. The van der Waals surface area contributed by atoms with Crippen molar-refractivity contribution >= 4 is 0 Å². The molecule has 1 rings (SSSR count). The van der Waals surface area contributed by atoms with Gasteiger partial charge in [-0.25, -0.2) is 0 Å². The Labute approximate surface area is 73.2 Å². The molecule has 1 aromatic heterocycles. The molecule has 1 heterocycles. The predicted octanol–water partition coefficient (Wildman–Crippen LogP) is 2.23. The van der Waals surface area contributed by atoms with E-state index in [0.29, 0.717) is 5.92 Å². The molecular formula is C10H16O2. The highest BCUT2D eigenvalue weighted by atomic mass is 16.3. The lowest BCUT2D eigenvalue weighted by molar-refractivity contribution is 0.116. The summed E-state index contributed by atoms with van der Waals surface area (Å²) in [7, 11) is 0.